The van der Waals surface area contributed by atoms with Gasteiger partial charge >= 0.3 is 0 Å². The summed E-state index contributed by atoms with van der Waals surface area (Å²) in [5.41, 5.74) is 2.46. The summed E-state index contributed by atoms with van der Waals surface area (Å²) in [6.45, 7) is 2.13. The molecule has 0 atom stereocenters. The number of benzene rings is 2. The van der Waals surface area contributed by atoms with Crippen molar-refractivity contribution in [3.05, 3.63) is 58.1 Å². The maximum absolute atomic E-state index is 12.3. The molecular weight excluding hydrogens is 344 g/mol. The minimum atomic E-state index is -0.193. The zero-order chi connectivity index (χ0) is 15.5. The molecule has 0 spiro atoms. The Kier molecular flexibility index (Phi) is 4.24. The molecule has 0 unspecified atom stereocenters. The van der Waals surface area contributed by atoms with Gasteiger partial charge in [0.05, 0.1) is 5.39 Å². The molecule has 1 N–H and O–H groups in total. The quantitative estimate of drug-likeness (QED) is 0.728. The van der Waals surface area contributed by atoms with Gasteiger partial charge in [-0.1, -0.05) is 46.6 Å². The van der Waals surface area contributed by atoms with Crippen LogP contribution in [0.2, 0.25) is 0 Å². The van der Waals surface area contributed by atoms with Crippen molar-refractivity contribution in [2.45, 2.75) is 19.8 Å². The van der Waals surface area contributed by atoms with Gasteiger partial charge in [-0.25, -0.2) is 0 Å². The fourth-order valence-electron chi connectivity index (χ4n) is 2.29. The highest BCUT2D eigenvalue weighted by atomic mass is 79.9. The first-order valence-corrected chi connectivity index (χ1v) is 7.92. The van der Waals surface area contributed by atoms with E-state index in [1.807, 2.05) is 42.5 Å². The lowest BCUT2D eigenvalue weighted by Gasteiger charge is -2.04. The van der Waals surface area contributed by atoms with E-state index in [1.54, 1.807) is 0 Å². The van der Waals surface area contributed by atoms with Crippen molar-refractivity contribution < 1.29 is 9.32 Å². The molecule has 0 bridgehead atoms. The number of amides is 1. The molecule has 0 aliphatic carbocycles. The minimum Gasteiger partial charge on any atom is -0.354 e. The summed E-state index contributed by atoms with van der Waals surface area (Å²) in [5.74, 6) is 0.242. The summed E-state index contributed by atoms with van der Waals surface area (Å²) in [7, 11) is 0. The van der Waals surface area contributed by atoms with Crippen LogP contribution in [0.4, 0.5) is 5.82 Å². The number of hydrogen-bond donors (Lipinski definition) is 1. The van der Waals surface area contributed by atoms with Gasteiger partial charge in [-0.15, -0.1) is 0 Å². The SMILES string of the molecule is CCCc1ccc(C(=O)Nc2noc3cc(Br)ccc23)cc1. The van der Waals surface area contributed by atoms with Gasteiger partial charge in [0.2, 0.25) is 0 Å². The molecule has 0 aliphatic heterocycles. The third-order valence-electron chi connectivity index (χ3n) is 3.42. The van der Waals surface area contributed by atoms with E-state index >= 15 is 0 Å². The molecule has 3 rings (SSSR count). The summed E-state index contributed by atoms with van der Waals surface area (Å²) < 4.78 is 6.13. The summed E-state index contributed by atoms with van der Waals surface area (Å²) in [6.07, 6.45) is 2.11. The normalized spacial score (nSPS) is 10.8. The summed E-state index contributed by atoms with van der Waals surface area (Å²) >= 11 is 3.37. The van der Waals surface area contributed by atoms with Crippen molar-refractivity contribution in [1.82, 2.24) is 5.16 Å². The Morgan fingerprint density at radius 1 is 1.23 bits per heavy atom. The van der Waals surface area contributed by atoms with Crippen LogP contribution in [0.1, 0.15) is 29.3 Å². The fourth-order valence-corrected chi connectivity index (χ4v) is 2.63. The molecule has 112 valence electrons. The molecular formula is C17H15BrN2O2. The van der Waals surface area contributed by atoms with Crippen LogP contribution in [-0.4, -0.2) is 11.1 Å². The lowest BCUT2D eigenvalue weighted by molar-refractivity contribution is 0.102. The number of halogens is 1. The van der Waals surface area contributed by atoms with E-state index in [-0.39, 0.29) is 5.91 Å². The molecule has 1 aromatic heterocycles. The van der Waals surface area contributed by atoms with Gasteiger partial charge in [-0.05, 0) is 42.3 Å². The van der Waals surface area contributed by atoms with Gasteiger partial charge < -0.3 is 9.84 Å². The molecule has 2 aromatic carbocycles. The Bertz CT molecular complexity index is 809. The predicted octanol–water partition coefficient (Wildman–Crippen LogP) is 4.80. The number of carbonyl (C=O) groups excluding carboxylic acids is 1. The van der Waals surface area contributed by atoms with Crippen LogP contribution in [0.5, 0.6) is 0 Å². The maximum Gasteiger partial charge on any atom is 0.256 e. The molecule has 22 heavy (non-hydrogen) atoms. The highest BCUT2D eigenvalue weighted by molar-refractivity contribution is 9.10. The van der Waals surface area contributed by atoms with Crippen molar-refractivity contribution >= 4 is 38.6 Å². The van der Waals surface area contributed by atoms with Gasteiger partial charge in [0.15, 0.2) is 11.4 Å². The van der Waals surface area contributed by atoms with Gasteiger partial charge in [0.25, 0.3) is 5.91 Å². The van der Waals surface area contributed by atoms with Crippen LogP contribution in [0.25, 0.3) is 11.0 Å². The average Bonchev–Trinajstić information content (AvgIpc) is 2.90. The number of hydrogen-bond acceptors (Lipinski definition) is 3. The maximum atomic E-state index is 12.3. The van der Waals surface area contributed by atoms with Crippen molar-refractivity contribution in [3.63, 3.8) is 0 Å². The molecule has 0 aliphatic rings. The number of aryl methyl sites for hydroxylation is 1. The zero-order valence-corrected chi connectivity index (χ0v) is 13.7. The van der Waals surface area contributed by atoms with E-state index in [1.165, 1.54) is 5.56 Å². The van der Waals surface area contributed by atoms with Crippen molar-refractivity contribution in [2.24, 2.45) is 0 Å². The third kappa shape index (κ3) is 3.04. The molecule has 1 amide bonds. The van der Waals surface area contributed by atoms with E-state index < -0.39 is 0 Å². The van der Waals surface area contributed by atoms with E-state index in [4.69, 9.17) is 4.52 Å². The number of anilines is 1. The van der Waals surface area contributed by atoms with Gasteiger partial charge in [-0.3, -0.25) is 4.79 Å². The smallest absolute Gasteiger partial charge is 0.256 e. The standard InChI is InChI=1S/C17H15BrN2O2/c1-2-3-11-4-6-12(7-5-11)17(21)19-16-14-9-8-13(18)10-15(14)22-20-16/h4-10H,2-3H2,1H3,(H,19,20,21). The van der Waals surface area contributed by atoms with Gasteiger partial charge in [0, 0.05) is 10.0 Å². The molecule has 0 radical (unpaired) electrons. The lowest BCUT2D eigenvalue weighted by Crippen LogP contribution is -2.12. The zero-order valence-electron chi connectivity index (χ0n) is 12.1. The van der Waals surface area contributed by atoms with Gasteiger partial charge in [-0.2, -0.15) is 0 Å². The number of fused-ring (bicyclic) bond motifs is 1. The van der Waals surface area contributed by atoms with E-state index in [0.29, 0.717) is 17.0 Å². The Morgan fingerprint density at radius 3 is 2.73 bits per heavy atom. The van der Waals surface area contributed by atoms with Crippen LogP contribution in [0.3, 0.4) is 0 Å². The highest BCUT2D eigenvalue weighted by Crippen LogP contribution is 2.26. The van der Waals surface area contributed by atoms with Gasteiger partial charge in [0.1, 0.15) is 0 Å². The Hall–Kier alpha value is -2.14. The number of aromatic nitrogens is 1. The topological polar surface area (TPSA) is 55.1 Å². The Balaban J connectivity index is 1.80. The molecule has 4 nitrogen and oxygen atoms in total. The molecule has 3 aromatic rings. The molecule has 0 saturated heterocycles. The first-order chi connectivity index (χ1) is 10.7. The summed E-state index contributed by atoms with van der Waals surface area (Å²) in [5, 5.41) is 7.49. The van der Waals surface area contributed by atoms with Crippen LogP contribution < -0.4 is 5.32 Å². The van der Waals surface area contributed by atoms with Crippen LogP contribution in [-0.2, 0) is 6.42 Å². The third-order valence-corrected chi connectivity index (χ3v) is 3.91. The first kappa shape index (κ1) is 14.8. The van der Waals surface area contributed by atoms with E-state index in [9.17, 15) is 4.79 Å². The molecule has 0 saturated carbocycles. The first-order valence-electron chi connectivity index (χ1n) is 7.12. The minimum absolute atomic E-state index is 0.193. The summed E-state index contributed by atoms with van der Waals surface area (Å²) in [4.78, 5) is 12.3. The van der Waals surface area contributed by atoms with Crippen molar-refractivity contribution in [3.8, 4) is 0 Å². The second-order valence-electron chi connectivity index (χ2n) is 5.07. The number of carbonyl (C=O) groups is 1. The van der Waals surface area contributed by atoms with Crippen LogP contribution in [0, 0.1) is 0 Å². The molecule has 0 fully saturated rings. The predicted molar refractivity (Wildman–Crippen MR) is 90.1 cm³/mol. The average molecular weight is 359 g/mol. The highest BCUT2D eigenvalue weighted by Gasteiger charge is 2.13. The Morgan fingerprint density at radius 2 is 2.00 bits per heavy atom. The molecule has 1 heterocycles. The number of nitrogens with one attached hydrogen (secondary N) is 1. The lowest BCUT2D eigenvalue weighted by atomic mass is 10.1. The monoisotopic (exact) mass is 358 g/mol. The van der Waals surface area contributed by atoms with E-state index in [2.05, 4.69) is 33.3 Å². The van der Waals surface area contributed by atoms with Crippen molar-refractivity contribution in [1.29, 1.82) is 0 Å². The molecule has 5 heteroatoms. The largest absolute Gasteiger partial charge is 0.354 e. The second kappa shape index (κ2) is 6.32. The fraction of sp³-hybridized carbons (Fsp3) is 0.176. The second-order valence-corrected chi connectivity index (χ2v) is 5.99. The Labute approximate surface area is 136 Å². The van der Waals surface area contributed by atoms with Crippen LogP contribution in [0.15, 0.2) is 51.5 Å². The summed E-state index contributed by atoms with van der Waals surface area (Å²) in [6, 6.07) is 13.2. The van der Waals surface area contributed by atoms with Crippen molar-refractivity contribution in [2.75, 3.05) is 5.32 Å². The van der Waals surface area contributed by atoms with Crippen LogP contribution >= 0.6 is 15.9 Å². The van der Waals surface area contributed by atoms with E-state index in [0.717, 1.165) is 22.7 Å². The number of nitrogens with zero attached hydrogens (tertiary/aromatic N) is 1. The number of rotatable bonds is 4.